The molecule has 0 spiro atoms. The summed E-state index contributed by atoms with van der Waals surface area (Å²) >= 11 is 5.87. The number of halogens is 1. The van der Waals surface area contributed by atoms with E-state index >= 15 is 0 Å². The lowest BCUT2D eigenvalue weighted by molar-refractivity contribution is -0.116. The summed E-state index contributed by atoms with van der Waals surface area (Å²) in [7, 11) is 0. The topological polar surface area (TPSA) is 78.9 Å². The van der Waals surface area contributed by atoms with Gasteiger partial charge in [0, 0.05) is 17.6 Å². The first-order chi connectivity index (χ1) is 8.31. The predicted molar refractivity (Wildman–Crippen MR) is 72.3 cm³/mol. The van der Waals surface area contributed by atoms with Gasteiger partial charge in [-0.3, -0.25) is 4.79 Å². The summed E-state index contributed by atoms with van der Waals surface area (Å²) in [6, 6.07) is 6.74. The summed E-state index contributed by atoms with van der Waals surface area (Å²) < 4.78 is 0. The largest absolute Gasteiger partial charge is 0.326 e. The number of anilines is 1. The Morgan fingerprint density at radius 3 is 2.72 bits per heavy atom. The quantitative estimate of drug-likeness (QED) is 0.878. The molecule has 0 bridgehead atoms. The number of nitrogens with two attached hydrogens (primary N) is 1. The summed E-state index contributed by atoms with van der Waals surface area (Å²) in [4.78, 5) is 11.7. The van der Waals surface area contributed by atoms with E-state index in [1.165, 1.54) is 0 Å². The SMILES string of the molecule is CC(C)(N)CCC(=O)Nc1ccc(C#N)c(Cl)c1. The normalized spacial score (nSPS) is 10.8. The molecule has 1 aromatic rings. The van der Waals surface area contributed by atoms with Crippen molar-refractivity contribution in [3.8, 4) is 6.07 Å². The van der Waals surface area contributed by atoms with Gasteiger partial charge in [0.15, 0.2) is 0 Å². The summed E-state index contributed by atoms with van der Waals surface area (Å²) in [5.41, 5.74) is 6.41. The second kappa shape index (κ2) is 5.85. The van der Waals surface area contributed by atoms with Gasteiger partial charge in [-0.1, -0.05) is 11.6 Å². The molecule has 0 radical (unpaired) electrons. The molecule has 0 aliphatic heterocycles. The molecule has 0 saturated heterocycles. The van der Waals surface area contributed by atoms with Gasteiger partial charge in [0.2, 0.25) is 5.91 Å². The van der Waals surface area contributed by atoms with Crippen LogP contribution in [0.1, 0.15) is 32.3 Å². The molecule has 0 aliphatic carbocycles. The average Bonchev–Trinajstić information content (AvgIpc) is 2.26. The standard InChI is InChI=1S/C13H16ClN3O/c1-13(2,16)6-5-12(18)17-10-4-3-9(8-15)11(14)7-10/h3-4,7H,5-6,16H2,1-2H3,(H,17,18). The number of carbonyl (C=O) groups is 1. The molecule has 1 aromatic carbocycles. The van der Waals surface area contributed by atoms with Crippen molar-refractivity contribution in [1.82, 2.24) is 0 Å². The van der Waals surface area contributed by atoms with Crippen LogP contribution in [0.3, 0.4) is 0 Å². The first-order valence-corrected chi connectivity index (χ1v) is 5.98. The third kappa shape index (κ3) is 4.74. The van der Waals surface area contributed by atoms with Crippen molar-refractivity contribution in [1.29, 1.82) is 5.26 Å². The molecule has 0 aromatic heterocycles. The lowest BCUT2D eigenvalue weighted by atomic mass is 10.00. The second-order valence-electron chi connectivity index (χ2n) is 4.84. The van der Waals surface area contributed by atoms with Crippen LogP contribution in [0.15, 0.2) is 18.2 Å². The first-order valence-electron chi connectivity index (χ1n) is 5.60. The Bertz CT molecular complexity index is 486. The fraction of sp³-hybridized carbons (Fsp3) is 0.385. The Kier molecular flexibility index (Phi) is 4.71. The summed E-state index contributed by atoms with van der Waals surface area (Å²) in [6.45, 7) is 3.75. The Labute approximate surface area is 112 Å². The van der Waals surface area contributed by atoms with Crippen LogP contribution in [0.2, 0.25) is 5.02 Å². The van der Waals surface area contributed by atoms with Gasteiger partial charge in [0.05, 0.1) is 10.6 Å². The highest BCUT2D eigenvalue weighted by Crippen LogP contribution is 2.20. The van der Waals surface area contributed by atoms with E-state index in [2.05, 4.69) is 5.32 Å². The van der Waals surface area contributed by atoms with Gasteiger partial charge in [-0.2, -0.15) is 5.26 Å². The average molecular weight is 266 g/mol. The van der Waals surface area contributed by atoms with Crippen molar-refractivity contribution >= 4 is 23.2 Å². The Morgan fingerprint density at radius 1 is 1.56 bits per heavy atom. The van der Waals surface area contributed by atoms with Gasteiger partial charge in [0.25, 0.3) is 0 Å². The number of hydrogen-bond donors (Lipinski definition) is 2. The van der Waals surface area contributed by atoms with Crippen molar-refractivity contribution < 1.29 is 4.79 Å². The van der Waals surface area contributed by atoms with E-state index in [1.807, 2.05) is 19.9 Å². The molecule has 0 saturated carbocycles. The number of amides is 1. The van der Waals surface area contributed by atoms with Gasteiger partial charge in [-0.25, -0.2) is 0 Å². The van der Waals surface area contributed by atoms with Crippen LogP contribution >= 0.6 is 11.6 Å². The minimum absolute atomic E-state index is 0.116. The minimum atomic E-state index is -0.361. The van der Waals surface area contributed by atoms with Crippen LogP contribution in [0.5, 0.6) is 0 Å². The van der Waals surface area contributed by atoms with Crippen molar-refractivity contribution in [3.63, 3.8) is 0 Å². The Balaban J connectivity index is 2.61. The maximum absolute atomic E-state index is 11.7. The zero-order valence-corrected chi connectivity index (χ0v) is 11.2. The maximum atomic E-state index is 11.7. The molecule has 4 nitrogen and oxygen atoms in total. The third-order valence-corrected chi connectivity index (χ3v) is 2.68. The number of nitrogens with one attached hydrogen (secondary N) is 1. The van der Waals surface area contributed by atoms with E-state index < -0.39 is 0 Å². The van der Waals surface area contributed by atoms with Gasteiger partial charge in [0.1, 0.15) is 6.07 Å². The minimum Gasteiger partial charge on any atom is -0.326 e. The predicted octanol–water partition coefficient (Wildman–Crippen LogP) is 2.67. The molecule has 0 atom stereocenters. The molecule has 5 heteroatoms. The fourth-order valence-corrected chi connectivity index (χ4v) is 1.57. The highest BCUT2D eigenvalue weighted by molar-refractivity contribution is 6.32. The molecule has 18 heavy (non-hydrogen) atoms. The molecule has 3 N–H and O–H groups in total. The van der Waals surface area contributed by atoms with Crippen molar-refractivity contribution in [3.05, 3.63) is 28.8 Å². The number of benzene rings is 1. The first kappa shape index (κ1) is 14.5. The summed E-state index contributed by atoms with van der Waals surface area (Å²) in [5.74, 6) is -0.116. The van der Waals surface area contributed by atoms with Crippen LogP contribution in [0.25, 0.3) is 0 Å². The van der Waals surface area contributed by atoms with Crippen molar-refractivity contribution in [2.45, 2.75) is 32.2 Å². The fourth-order valence-electron chi connectivity index (χ4n) is 1.34. The van der Waals surface area contributed by atoms with E-state index in [4.69, 9.17) is 22.6 Å². The van der Waals surface area contributed by atoms with Crippen LogP contribution in [0.4, 0.5) is 5.69 Å². The molecule has 0 unspecified atom stereocenters. The second-order valence-corrected chi connectivity index (χ2v) is 5.25. The van der Waals surface area contributed by atoms with Gasteiger partial charge in [-0.15, -0.1) is 0 Å². The molecular weight excluding hydrogens is 250 g/mol. The highest BCUT2D eigenvalue weighted by Gasteiger charge is 2.13. The third-order valence-electron chi connectivity index (χ3n) is 2.37. The molecule has 1 rings (SSSR count). The molecule has 0 fully saturated rings. The number of nitrogens with zero attached hydrogens (tertiary/aromatic N) is 1. The number of nitriles is 1. The highest BCUT2D eigenvalue weighted by atomic mass is 35.5. The molecular formula is C13H16ClN3O. The van der Waals surface area contributed by atoms with Crippen molar-refractivity contribution in [2.24, 2.45) is 5.73 Å². The molecule has 0 aliphatic rings. The van der Waals surface area contributed by atoms with E-state index in [1.54, 1.807) is 18.2 Å². The van der Waals surface area contributed by atoms with Crippen LogP contribution in [0, 0.1) is 11.3 Å². The van der Waals surface area contributed by atoms with E-state index in [0.29, 0.717) is 29.1 Å². The molecule has 96 valence electrons. The van der Waals surface area contributed by atoms with E-state index in [0.717, 1.165) is 0 Å². The summed E-state index contributed by atoms with van der Waals surface area (Å²) in [5, 5.41) is 11.8. The van der Waals surface area contributed by atoms with Crippen molar-refractivity contribution in [2.75, 3.05) is 5.32 Å². The zero-order valence-electron chi connectivity index (χ0n) is 10.5. The van der Waals surface area contributed by atoms with Gasteiger partial charge >= 0.3 is 0 Å². The lowest BCUT2D eigenvalue weighted by Crippen LogP contribution is -2.33. The zero-order chi connectivity index (χ0) is 13.8. The molecule has 1 amide bonds. The van der Waals surface area contributed by atoms with E-state index in [-0.39, 0.29) is 11.4 Å². The van der Waals surface area contributed by atoms with Crippen LogP contribution in [-0.4, -0.2) is 11.4 Å². The number of hydrogen-bond acceptors (Lipinski definition) is 3. The Hall–Kier alpha value is -1.57. The van der Waals surface area contributed by atoms with Gasteiger partial charge < -0.3 is 11.1 Å². The van der Waals surface area contributed by atoms with Crippen LogP contribution in [-0.2, 0) is 4.79 Å². The Morgan fingerprint density at radius 2 is 2.22 bits per heavy atom. The monoisotopic (exact) mass is 265 g/mol. The van der Waals surface area contributed by atoms with Gasteiger partial charge in [-0.05, 0) is 38.5 Å². The van der Waals surface area contributed by atoms with Crippen LogP contribution < -0.4 is 11.1 Å². The van der Waals surface area contributed by atoms with E-state index in [9.17, 15) is 4.79 Å². The maximum Gasteiger partial charge on any atom is 0.224 e. The smallest absolute Gasteiger partial charge is 0.224 e. The molecule has 0 heterocycles. The summed E-state index contributed by atoms with van der Waals surface area (Å²) in [6.07, 6.45) is 0.948. The lowest BCUT2D eigenvalue weighted by Gasteiger charge is -2.17. The number of carbonyl (C=O) groups excluding carboxylic acids is 1. The number of rotatable bonds is 4.